The summed E-state index contributed by atoms with van der Waals surface area (Å²) < 4.78 is 11.3. The Morgan fingerprint density at radius 2 is 1.93 bits per heavy atom. The number of carbonyl (C=O) groups is 2. The minimum absolute atomic E-state index is 0.173. The maximum Gasteiger partial charge on any atom is 0.335 e. The molecular formula is C19H15BrN2O5S. The van der Waals surface area contributed by atoms with Gasteiger partial charge in [-0.15, -0.1) is 0 Å². The van der Waals surface area contributed by atoms with Gasteiger partial charge in [-0.05, 0) is 75.7 Å². The second-order valence-corrected chi connectivity index (χ2v) is 7.46. The Hall–Kier alpha value is -2.78. The van der Waals surface area contributed by atoms with E-state index in [1.165, 1.54) is 23.9 Å². The molecule has 0 saturated carbocycles. The summed E-state index contributed by atoms with van der Waals surface area (Å²) in [5.41, 5.74) is 1.48. The standard InChI is InChI=1S/C19H15BrN2O5S/c1-26-14-8-10(7-13(20)16(14)27-2)9-15-17(23)22-19(28-15)21-12-5-3-11(4-6-12)18(24)25/h3-9H,1-2H3,(H,24,25)(H,21,22,23)/b15-9+. The van der Waals surface area contributed by atoms with Crippen molar-refractivity contribution in [2.45, 2.75) is 0 Å². The van der Waals surface area contributed by atoms with E-state index >= 15 is 0 Å². The lowest BCUT2D eigenvalue weighted by Crippen LogP contribution is -2.19. The zero-order valence-electron chi connectivity index (χ0n) is 14.9. The number of hydrogen-bond acceptors (Lipinski definition) is 6. The molecule has 144 valence electrons. The summed E-state index contributed by atoms with van der Waals surface area (Å²) in [6.07, 6.45) is 1.72. The van der Waals surface area contributed by atoms with E-state index in [-0.39, 0.29) is 11.5 Å². The molecule has 28 heavy (non-hydrogen) atoms. The monoisotopic (exact) mass is 462 g/mol. The molecule has 1 heterocycles. The lowest BCUT2D eigenvalue weighted by atomic mass is 10.2. The van der Waals surface area contributed by atoms with Crippen LogP contribution in [0.25, 0.3) is 6.08 Å². The Morgan fingerprint density at radius 1 is 1.21 bits per heavy atom. The third-order valence-corrected chi connectivity index (χ3v) is 5.25. The zero-order chi connectivity index (χ0) is 20.3. The van der Waals surface area contributed by atoms with Gasteiger partial charge in [-0.3, -0.25) is 4.79 Å². The topological polar surface area (TPSA) is 97.2 Å². The molecule has 1 saturated heterocycles. The molecule has 0 atom stereocenters. The molecule has 0 bridgehead atoms. The molecule has 2 N–H and O–H groups in total. The lowest BCUT2D eigenvalue weighted by Gasteiger charge is -2.10. The molecule has 1 amide bonds. The normalized spacial score (nSPS) is 16.3. The predicted molar refractivity (Wildman–Crippen MR) is 111 cm³/mol. The molecule has 7 nitrogen and oxygen atoms in total. The van der Waals surface area contributed by atoms with Crippen molar-refractivity contribution in [3.63, 3.8) is 0 Å². The van der Waals surface area contributed by atoms with Gasteiger partial charge in [-0.25, -0.2) is 9.79 Å². The number of carboxylic acids is 1. The highest BCUT2D eigenvalue weighted by Crippen LogP contribution is 2.38. The number of amides is 1. The number of aromatic carboxylic acids is 1. The molecule has 0 radical (unpaired) electrons. The Bertz CT molecular complexity index is 1000. The average molecular weight is 463 g/mol. The first-order chi connectivity index (χ1) is 13.4. The summed E-state index contributed by atoms with van der Waals surface area (Å²) in [4.78, 5) is 28.0. The first-order valence-corrected chi connectivity index (χ1v) is 9.56. The van der Waals surface area contributed by atoms with E-state index in [9.17, 15) is 9.59 Å². The van der Waals surface area contributed by atoms with Gasteiger partial charge in [0.15, 0.2) is 16.7 Å². The number of rotatable bonds is 5. The smallest absolute Gasteiger partial charge is 0.335 e. The number of hydrogen-bond donors (Lipinski definition) is 2. The van der Waals surface area contributed by atoms with E-state index in [4.69, 9.17) is 14.6 Å². The van der Waals surface area contributed by atoms with Crippen LogP contribution in [-0.2, 0) is 4.79 Å². The Morgan fingerprint density at radius 3 is 2.54 bits per heavy atom. The highest BCUT2D eigenvalue weighted by atomic mass is 79.9. The number of nitrogens with zero attached hydrogens (tertiary/aromatic N) is 1. The van der Waals surface area contributed by atoms with Crippen molar-refractivity contribution < 1.29 is 24.2 Å². The van der Waals surface area contributed by atoms with Gasteiger partial charge in [0.1, 0.15) is 0 Å². The largest absolute Gasteiger partial charge is 0.493 e. The minimum Gasteiger partial charge on any atom is -0.493 e. The van der Waals surface area contributed by atoms with E-state index in [1.54, 1.807) is 38.5 Å². The van der Waals surface area contributed by atoms with Crippen LogP contribution in [0.2, 0.25) is 0 Å². The van der Waals surface area contributed by atoms with Crippen molar-refractivity contribution in [2.75, 3.05) is 14.2 Å². The molecule has 1 fully saturated rings. The van der Waals surface area contributed by atoms with Gasteiger partial charge in [0.2, 0.25) is 0 Å². The van der Waals surface area contributed by atoms with E-state index in [1.807, 2.05) is 6.07 Å². The van der Waals surface area contributed by atoms with Gasteiger partial charge >= 0.3 is 5.97 Å². The van der Waals surface area contributed by atoms with Gasteiger partial charge < -0.3 is 19.9 Å². The number of aliphatic imine (C=N–C) groups is 1. The summed E-state index contributed by atoms with van der Waals surface area (Å²) in [7, 11) is 3.09. The molecule has 3 rings (SSSR count). The molecule has 1 aliphatic heterocycles. The number of nitrogens with one attached hydrogen (secondary N) is 1. The summed E-state index contributed by atoms with van der Waals surface area (Å²) in [5, 5.41) is 12.0. The van der Waals surface area contributed by atoms with Crippen LogP contribution in [0.3, 0.4) is 0 Å². The van der Waals surface area contributed by atoms with E-state index < -0.39 is 5.97 Å². The van der Waals surface area contributed by atoms with Crippen molar-refractivity contribution in [3.8, 4) is 11.5 Å². The summed E-state index contributed by atoms with van der Waals surface area (Å²) in [5.74, 6) is -0.161. The molecule has 2 aromatic carbocycles. The van der Waals surface area contributed by atoms with Crippen molar-refractivity contribution in [1.29, 1.82) is 0 Å². The van der Waals surface area contributed by atoms with Gasteiger partial charge in [0.25, 0.3) is 5.91 Å². The fourth-order valence-electron chi connectivity index (χ4n) is 2.45. The van der Waals surface area contributed by atoms with Crippen molar-refractivity contribution in [1.82, 2.24) is 5.32 Å². The fourth-order valence-corrected chi connectivity index (χ4v) is 3.91. The number of carbonyl (C=O) groups excluding carboxylic acids is 1. The number of halogens is 1. The first kappa shape index (κ1) is 20.0. The predicted octanol–water partition coefficient (Wildman–Crippen LogP) is 4.06. The molecular weight excluding hydrogens is 448 g/mol. The van der Waals surface area contributed by atoms with Gasteiger partial charge in [-0.2, -0.15) is 0 Å². The van der Waals surface area contributed by atoms with E-state index in [2.05, 4.69) is 26.2 Å². The fraction of sp³-hybridized carbons (Fsp3) is 0.105. The summed E-state index contributed by atoms with van der Waals surface area (Å²) in [6.45, 7) is 0. The number of carboxylic acid groups (broad SMARTS) is 1. The Labute approximate surface area is 173 Å². The zero-order valence-corrected chi connectivity index (χ0v) is 17.3. The van der Waals surface area contributed by atoms with E-state index in [0.717, 1.165) is 5.56 Å². The maximum atomic E-state index is 12.3. The molecule has 9 heteroatoms. The van der Waals surface area contributed by atoms with Crippen LogP contribution in [0.4, 0.5) is 5.69 Å². The molecule has 0 aliphatic carbocycles. The number of thioether (sulfide) groups is 1. The van der Waals surface area contributed by atoms with Gasteiger partial charge in [0, 0.05) is 0 Å². The van der Waals surface area contributed by atoms with Crippen LogP contribution in [0.15, 0.2) is 50.8 Å². The Balaban J connectivity index is 1.84. The van der Waals surface area contributed by atoms with Crippen molar-refractivity contribution in [2.24, 2.45) is 4.99 Å². The average Bonchev–Trinajstić information content (AvgIpc) is 3.00. The van der Waals surface area contributed by atoms with Gasteiger partial charge in [-0.1, -0.05) is 0 Å². The minimum atomic E-state index is -1.01. The van der Waals surface area contributed by atoms with Crippen LogP contribution < -0.4 is 14.8 Å². The third-order valence-electron chi connectivity index (χ3n) is 3.75. The molecule has 1 aliphatic rings. The van der Waals surface area contributed by atoms with Crippen LogP contribution >= 0.6 is 27.7 Å². The second-order valence-electron chi connectivity index (χ2n) is 5.57. The maximum absolute atomic E-state index is 12.3. The number of amidine groups is 1. The molecule has 0 aromatic heterocycles. The third kappa shape index (κ3) is 4.37. The second kappa shape index (κ2) is 8.49. The summed E-state index contributed by atoms with van der Waals surface area (Å²) >= 11 is 4.62. The lowest BCUT2D eigenvalue weighted by molar-refractivity contribution is -0.115. The van der Waals surface area contributed by atoms with E-state index in [0.29, 0.717) is 31.7 Å². The molecule has 2 aromatic rings. The summed E-state index contributed by atoms with van der Waals surface area (Å²) in [6, 6.07) is 9.67. The van der Waals surface area contributed by atoms with Crippen molar-refractivity contribution in [3.05, 3.63) is 56.9 Å². The quantitative estimate of drug-likeness (QED) is 0.650. The van der Waals surface area contributed by atoms with Crippen LogP contribution in [-0.4, -0.2) is 36.4 Å². The van der Waals surface area contributed by atoms with Crippen LogP contribution in [0.1, 0.15) is 15.9 Å². The first-order valence-electron chi connectivity index (χ1n) is 7.95. The SMILES string of the molecule is COc1cc(/C=C2/SC(=Nc3ccc(C(=O)O)cc3)NC2=O)cc(Br)c1OC. The Kier molecular flexibility index (Phi) is 6.05. The highest BCUT2D eigenvalue weighted by Gasteiger charge is 2.24. The highest BCUT2D eigenvalue weighted by molar-refractivity contribution is 9.10. The molecule has 0 spiro atoms. The van der Waals surface area contributed by atoms with Gasteiger partial charge in [0.05, 0.1) is 34.8 Å². The number of methoxy groups -OCH3 is 2. The number of ether oxygens (including phenoxy) is 2. The number of benzene rings is 2. The van der Waals surface area contributed by atoms with Crippen LogP contribution in [0, 0.1) is 0 Å². The van der Waals surface area contributed by atoms with Crippen LogP contribution in [0.5, 0.6) is 11.5 Å². The van der Waals surface area contributed by atoms with Crippen molar-refractivity contribution >= 4 is 56.5 Å². The molecule has 0 unspecified atom stereocenters.